The van der Waals surface area contributed by atoms with Crippen molar-refractivity contribution in [3.05, 3.63) is 23.8 Å². The van der Waals surface area contributed by atoms with Gasteiger partial charge in [0.2, 0.25) is 5.91 Å². The molecule has 0 spiro atoms. The second-order valence-electron chi connectivity index (χ2n) is 4.58. The lowest BCUT2D eigenvalue weighted by molar-refractivity contribution is -0.274. The van der Waals surface area contributed by atoms with Crippen molar-refractivity contribution < 1.29 is 27.5 Å². The van der Waals surface area contributed by atoms with Crippen molar-refractivity contribution in [2.24, 2.45) is 0 Å². The molecule has 21 heavy (non-hydrogen) atoms. The van der Waals surface area contributed by atoms with Crippen molar-refractivity contribution in [3.63, 3.8) is 0 Å². The first kappa shape index (κ1) is 15.1. The molecule has 0 saturated carbocycles. The maximum absolute atomic E-state index is 12.3. The van der Waals surface area contributed by atoms with Gasteiger partial charge in [0.05, 0.1) is 11.3 Å². The van der Waals surface area contributed by atoms with E-state index in [4.69, 9.17) is 0 Å². The monoisotopic (exact) mass is 302 g/mol. The number of nitrogens with zero attached hydrogens (tertiary/aromatic N) is 1. The number of hydrogen-bond donors (Lipinski definition) is 1. The molecular formula is C13H13F3N2O3. The van der Waals surface area contributed by atoms with Crippen LogP contribution in [0.2, 0.25) is 0 Å². The minimum Gasteiger partial charge on any atom is -0.406 e. The molecule has 1 aromatic carbocycles. The SMILES string of the molecule is CC[C@@H]1C(=O)Nc2ccc(OC(F)(F)F)cc2C(=O)N1C. The van der Waals surface area contributed by atoms with E-state index in [2.05, 4.69) is 10.1 Å². The molecule has 2 amide bonds. The van der Waals surface area contributed by atoms with Gasteiger partial charge in [-0.1, -0.05) is 6.92 Å². The van der Waals surface area contributed by atoms with Crippen LogP contribution in [-0.2, 0) is 4.79 Å². The molecule has 0 bridgehead atoms. The molecule has 1 aromatic rings. The van der Waals surface area contributed by atoms with Gasteiger partial charge >= 0.3 is 6.36 Å². The average Bonchev–Trinajstić information content (AvgIpc) is 2.46. The van der Waals surface area contributed by atoms with Crippen LogP contribution in [0.25, 0.3) is 0 Å². The highest BCUT2D eigenvalue weighted by Crippen LogP contribution is 2.30. The molecule has 0 aliphatic carbocycles. The summed E-state index contributed by atoms with van der Waals surface area (Å²) in [4.78, 5) is 25.4. The number of nitrogens with one attached hydrogen (secondary N) is 1. The van der Waals surface area contributed by atoms with E-state index in [1.807, 2.05) is 0 Å². The fourth-order valence-electron chi connectivity index (χ4n) is 2.19. The van der Waals surface area contributed by atoms with E-state index in [0.717, 1.165) is 12.1 Å². The quantitative estimate of drug-likeness (QED) is 0.912. The Kier molecular flexibility index (Phi) is 3.80. The minimum absolute atomic E-state index is 0.0384. The van der Waals surface area contributed by atoms with Gasteiger partial charge in [-0.05, 0) is 24.6 Å². The summed E-state index contributed by atoms with van der Waals surface area (Å²) in [6, 6.07) is 2.57. The van der Waals surface area contributed by atoms with Crippen LogP contribution in [-0.4, -0.2) is 36.2 Å². The van der Waals surface area contributed by atoms with Crippen LogP contribution >= 0.6 is 0 Å². The highest BCUT2D eigenvalue weighted by Gasteiger charge is 2.34. The van der Waals surface area contributed by atoms with Crippen LogP contribution in [0.1, 0.15) is 23.7 Å². The normalized spacial score (nSPS) is 18.9. The number of amides is 2. The largest absolute Gasteiger partial charge is 0.573 e. The maximum Gasteiger partial charge on any atom is 0.573 e. The Bertz CT molecular complexity index is 587. The number of ether oxygens (including phenoxy) is 1. The number of rotatable bonds is 2. The fraction of sp³-hybridized carbons (Fsp3) is 0.385. The Morgan fingerprint density at radius 3 is 2.57 bits per heavy atom. The van der Waals surface area contributed by atoms with Crippen LogP contribution in [0, 0.1) is 0 Å². The first-order valence-electron chi connectivity index (χ1n) is 6.20. The first-order chi connectivity index (χ1) is 9.73. The summed E-state index contributed by atoms with van der Waals surface area (Å²) < 4.78 is 40.4. The lowest BCUT2D eigenvalue weighted by Gasteiger charge is -2.22. The minimum atomic E-state index is -4.84. The Morgan fingerprint density at radius 1 is 1.33 bits per heavy atom. The molecule has 114 valence electrons. The topological polar surface area (TPSA) is 58.6 Å². The summed E-state index contributed by atoms with van der Waals surface area (Å²) in [5, 5.41) is 2.54. The van der Waals surface area contributed by atoms with E-state index in [1.54, 1.807) is 6.92 Å². The molecule has 5 nitrogen and oxygen atoms in total. The summed E-state index contributed by atoms with van der Waals surface area (Å²) in [7, 11) is 1.43. The molecule has 1 heterocycles. The Balaban J connectivity index is 2.42. The van der Waals surface area contributed by atoms with E-state index in [9.17, 15) is 22.8 Å². The predicted octanol–water partition coefficient (Wildman–Crippen LogP) is 2.39. The van der Waals surface area contributed by atoms with Gasteiger partial charge in [-0.3, -0.25) is 9.59 Å². The van der Waals surface area contributed by atoms with Gasteiger partial charge < -0.3 is 15.0 Å². The number of fused-ring (bicyclic) bond motifs is 1. The second-order valence-corrected chi connectivity index (χ2v) is 4.58. The van der Waals surface area contributed by atoms with E-state index < -0.39 is 24.1 Å². The summed E-state index contributed by atoms with van der Waals surface area (Å²) in [6.45, 7) is 1.74. The Labute approximate surface area is 118 Å². The average molecular weight is 302 g/mol. The lowest BCUT2D eigenvalue weighted by Crippen LogP contribution is -2.42. The summed E-state index contributed by atoms with van der Waals surface area (Å²) in [6.07, 6.45) is -4.45. The van der Waals surface area contributed by atoms with Crippen LogP contribution in [0.3, 0.4) is 0 Å². The van der Waals surface area contributed by atoms with E-state index in [1.165, 1.54) is 18.0 Å². The Hall–Kier alpha value is -2.25. The second kappa shape index (κ2) is 5.27. The lowest BCUT2D eigenvalue weighted by atomic mass is 10.1. The molecule has 0 aromatic heterocycles. The van der Waals surface area contributed by atoms with Crippen molar-refractivity contribution in [2.45, 2.75) is 25.7 Å². The zero-order valence-corrected chi connectivity index (χ0v) is 11.3. The highest BCUT2D eigenvalue weighted by atomic mass is 19.4. The number of likely N-dealkylation sites (N-methyl/N-ethyl adjacent to an activating group) is 1. The number of benzene rings is 1. The summed E-state index contributed by atoms with van der Waals surface area (Å²) >= 11 is 0. The van der Waals surface area contributed by atoms with Crippen molar-refractivity contribution in [1.29, 1.82) is 0 Å². The molecule has 0 saturated heterocycles. The predicted molar refractivity (Wildman–Crippen MR) is 67.9 cm³/mol. The molecule has 0 radical (unpaired) electrons. The van der Waals surface area contributed by atoms with Crippen molar-refractivity contribution in [2.75, 3.05) is 12.4 Å². The third-order valence-corrected chi connectivity index (χ3v) is 3.19. The summed E-state index contributed by atoms with van der Waals surface area (Å²) in [5.74, 6) is -1.42. The standard InChI is InChI=1S/C13H13F3N2O3/c1-3-10-11(19)17-9-5-4-7(21-13(14,15)16)6-8(9)12(20)18(10)2/h4-6,10H,3H2,1-2H3,(H,17,19)/t10-/m1/s1. The third kappa shape index (κ3) is 3.09. The number of alkyl halides is 3. The van der Waals surface area contributed by atoms with Gasteiger partial charge in [0.1, 0.15) is 11.8 Å². The molecule has 1 aliphatic heterocycles. The molecule has 8 heteroatoms. The molecule has 1 atom stereocenters. The number of carbonyl (C=O) groups is 2. The van der Waals surface area contributed by atoms with Crippen LogP contribution in [0.15, 0.2) is 18.2 Å². The maximum atomic E-state index is 12.3. The molecule has 0 unspecified atom stereocenters. The van der Waals surface area contributed by atoms with Gasteiger partial charge in [0.15, 0.2) is 0 Å². The highest BCUT2D eigenvalue weighted by molar-refractivity contribution is 6.09. The van der Waals surface area contributed by atoms with Crippen LogP contribution < -0.4 is 10.1 Å². The van der Waals surface area contributed by atoms with Crippen LogP contribution in [0.4, 0.5) is 18.9 Å². The number of carbonyl (C=O) groups excluding carboxylic acids is 2. The van der Waals surface area contributed by atoms with E-state index >= 15 is 0 Å². The molecular weight excluding hydrogens is 289 g/mol. The van der Waals surface area contributed by atoms with E-state index in [0.29, 0.717) is 6.42 Å². The van der Waals surface area contributed by atoms with Gasteiger partial charge in [0, 0.05) is 7.05 Å². The fourth-order valence-corrected chi connectivity index (χ4v) is 2.19. The Morgan fingerprint density at radius 2 is 2.00 bits per heavy atom. The third-order valence-electron chi connectivity index (χ3n) is 3.19. The van der Waals surface area contributed by atoms with E-state index in [-0.39, 0.29) is 17.2 Å². The van der Waals surface area contributed by atoms with Crippen molar-refractivity contribution in [1.82, 2.24) is 4.90 Å². The van der Waals surface area contributed by atoms with Gasteiger partial charge in [-0.15, -0.1) is 13.2 Å². The molecule has 1 N–H and O–H groups in total. The number of hydrogen-bond acceptors (Lipinski definition) is 3. The summed E-state index contributed by atoms with van der Waals surface area (Å²) in [5.41, 5.74) is 0.130. The van der Waals surface area contributed by atoms with Crippen LogP contribution in [0.5, 0.6) is 5.75 Å². The van der Waals surface area contributed by atoms with Crippen molar-refractivity contribution >= 4 is 17.5 Å². The number of halogens is 3. The smallest absolute Gasteiger partial charge is 0.406 e. The van der Waals surface area contributed by atoms with Gasteiger partial charge in [-0.25, -0.2) is 0 Å². The molecule has 1 aliphatic rings. The van der Waals surface area contributed by atoms with Crippen molar-refractivity contribution in [3.8, 4) is 5.75 Å². The number of anilines is 1. The van der Waals surface area contributed by atoms with Gasteiger partial charge in [0.25, 0.3) is 5.91 Å². The molecule has 0 fully saturated rings. The zero-order valence-electron chi connectivity index (χ0n) is 11.3. The zero-order chi connectivity index (χ0) is 15.8. The first-order valence-corrected chi connectivity index (χ1v) is 6.20. The van der Waals surface area contributed by atoms with Gasteiger partial charge in [-0.2, -0.15) is 0 Å². The molecule has 2 rings (SSSR count).